The van der Waals surface area contributed by atoms with Crippen LogP contribution in [0.25, 0.3) is 6.08 Å². The molecular formula is C33H39Cl2F2N3O2. The van der Waals surface area contributed by atoms with Gasteiger partial charge in [0.15, 0.2) is 0 Å². The van der Waals surface area contributed by atoms with E-state index in [1.807, 2.05) is 12.1 Å². The molecule has 2 fully saturated rings. The SMILES string of the molecule is Cl.Cl.O=C(NC1CCN(C/C=C/c2ccc(OC3CCNCC3)cc2)CC1)C(c1ccc(F)cc1)c1ccc(F)cc1. The minimum atomic E-state index is -0.626. The highest BCUT2D eigenvalue weighted by Gasteiger charge is 2.27. The summed E-state index contributed by atoms with van der Waals surface area (Å²) in [5.41, 5.74) is 2.50. The van der Waals surface area contributed by atoms with Crippen molar-refractivity contribution in [2.75, 3.05) is 32.7 Å². The van der Waals surface area contributed by atoms with Gasteiger partial charge in [-0.15, -0.1) is 24.8 Å². The molecule has 0 radical (unpaired) electrons. The number of ether oxygens (including phenoxy) is 1. The predicted octanol–water partition coefficient (Wildman–Crippen LogP) is 6.37. The second kappa shape index (κ2) is 16.6. The first kappa shape index (κ1) is 33.5. The van der Waals surface area contributed by atoms with Crippen molar-refractivity contribution in [2.45, 2.75) is 43.7 Å². The molecule has 2 heterocycles. The number of benzene rings is 3. The normalized spacial score (nSPS) is 16.5. The molecular weight excluding hydrogens is 579 g/mol. The number of piperidine rings is 2. The Hall–Kier alpha value is -2.97. The molecule has 2 aliphatic heterocycles. The van der Waals surface area contributed by atoms with Crippen molar-refractivity contribution in [2.24, 2.45) is 0 Å². The molecule has 5 rings (SSSR count). The lowest BCUT2D eigenvalue weighted by Gasteiger charge is -2.32. The van der Waals surface area contributed by atoms with Crippen molar-refractivity contribution in [3.63, 3.8) is 0 Å². The van der Waals surface area contributed by atoms with Crippen molar-refractivity contribution in [3.05, 3.63) is 107 Å². The van der Waals surface area contributed by atoms with Crippen LogP contribution in [0, 0.1) is 11.6 Å². The molecule has 2 saturated heterocycles. The van der Waals surface area contributed by atoms with Gasteiger partial charge in [0.25, 0.3) is 0 Å². The van der Waals surface area contributed by atoms with Crippen molar-refractivity contribution < 1.29 is 18.3 Å². The quantitative estimate of drug-likeness (QED) is 0.293. The molecule has 2 N–H and O–H groups in total. The Kier molecular flexibility index (Phi) is 13.3. The van der Waals surface area contributed by atoms with E-state index in [4.69, 9.17) is 4.74 Å². The molecule has 0 spiro atoms. The summed E-state index contributed by atoms with van der Waals surface area (Å²) in [6.07, 6.45) is 8.41. The van der Waals surface area contributed by atoms with Crippen LogP contribution < -0.4 is 15.4 Å². The molecule has 0 bridgehead atoms. The topological polar surface area (TPSA) is 53.6 Å². The third-order valence-corrected chi connectivity index (χ3v) is 7.75. The second-order valence-electron chi connectivity index (χ2n) is 10.7. The predicted molar refractivity (Wildman–Crippen MR) is 169 cm³/mol. The average molecular weight is 619 g/mol. The van der Waals surface area contributed by atoms with Gasteiger partial charge >= 0.3 is 0 Å². The van der Waals surface area contributed by atoms with E-state index in [1.54, 1.807) is 24.3 Å². The number of halogens is 4. The molecule has 226 valence electrons. The molecule has 42 heavy (non-hydrogen) atoms. The third-order valence-electron chi connectivity index (χ3n) is 7.75. The van der Waals surface area contributed by atoms with Crippen molar-refractivity contribution in [3.8, 4) is 5.75 Å². The van der Waals surface area contributed by atoms with Gasteiger partial charge < -0.3 is 15.4 Å². The van der Waals surface area contributed by atoms with Gasteiger partial charge in [-0.05, 0) is 91.9 Å². The number of likely N-dealkylation sites (tertiary alicyclic amines) is 1. The Bertz CT molecular complexity index is 1210. The van der Waals surface area contributed by atoms with Gasteiger partial charge in [0, 0.05) is 25.7 Å². The van der Waals surface area contributed by atoms with E-state index in [9.17, 15) is 13.6 Å². The minimum Gasteiger partial charge on any atom is -0.490 e. The highest BCUT2D eigenvalue weighted by atomic mass is 35.5. The molecule has 2 aliphatic rings. The summed E-state index contributed by atoms with van der Waals surface area (Å²) in [4.78, 5) is 15.8. The standard InChI is InChI=1S/C33H37F2N3O2.2ClH/c34-27-9-5-25(6-10-27)32(26-7-11-28(35)12-8-26)33(39)37-29-17-22-38(23-18-29)21-1-2-24-3-13-30(14-4-24)40-31-15-19-36-20-16-31;;/h1-14,29,31-32,36H,15-23H2,(H,37,39);2*1H/b2-1+;;. The van der Waals surface area contributed by atoms with Crippen LogP contribution in [0.5, 0.6) is 5.75 Å². The van der Waals surface area contributed by atoms with Crippen LogP contribution in [0.3, 0.4) is 0 Å². The van der Waals surface area contributed by atoms with Crippen LogP contribution in [0.4, 0.5) is 8.78 Å². The Morgan fingerprint density at radius 2 is 1.40 bits per heavy atom. The number of nitrogens with zero attached hydrogens (tertiary/aromatic N) is 1. The molecule has 9 heteroatoms. The molecule has 3 aromatic rings. The molecule has 0 atom stereocenters. The van der Waals surface area contributed by atoms with Crippen LogP contribution in [0.1, 0.15) is 48.3 Å². The lowest BCUT2D eigenvalue weighted by Crippen LogP contribution is -2.46. The summed E-state index contributed by atoms with van der Waals surface area (Å²) in [5.74, 6) is -0.568. The fraction of sp³-hybridized carbons (Fsp3) is 0.364. The molecule has 3 aromatic carbocycles. The number of amides is 1. The smallest absolute Gasteiger partial charge is 0.232 e. The van der Waals surface area contributed by atoms with E-state index in [1.165, 1.54) is 24.3 Å². The zero-order valence-electron chi connectivity index (χ0n) is 23.5. The number of rotatable bonds is 9. The molecule has 0 unspecified atom stereocenters. The van der Waals surface area contributed by atoms with Crippen LogP contribution in [0.15, 0.2) is 78.9 Å². The largest absolute Gasteiger partial charge is 0.490 e. The monoisotopic (exact) mass is 617 g/mol. The number of carbonyl (C=O) groups excluding carboxylic acids is 1. The summed E-state index contributed by atoms with van der Waals surface area (Å²) in [7, 11) is 0. The maximum atomic E-state index is 13.5. The Balaban J connectivity index is 0.00000242. The van der Waals surface area contributed by atoms with E-state index in [0.29, 0.717) is 17.2 Å². The Morgan fingerprint density at radius 1 is 0.857 bits per heavy atom. The maximum Gasteiger partial charge on any atom is 0.232 e. The van der Waals surface area contributed by atoms with Gasteiger partial charge in [-0.1, -0.05) is 48.6 Å². The summed E-state index contributed by atoms with van der Waals surface area (Å²) in [6.45, 7) is 4.65. The fourth-order valence-electron chi connectivity index (χ4n) is 5.45. The maximum absolute atomic E-state index is 13.5. The van der Waals surface area contributed by atoms with Crippen LogP contribution in [-0.2, 0) is 4.79 Å². The Morgan fingerprint density at radius 3 is 1.95 bits per heavy atom. The first-order valence-electron chi connectivity index (χ1n) is 14.2. The van der Waals surface area contributed by atoms with Gasteiger partial charge in [-0.3, -0.25) is 9.69 Å². The fourth-order valence-corrected chi connectivity index (χ4v) is 5.45. The van der Waals surface area contributed by atoms with Gasteiger partial charge in [-0.25, -0.2) is 8.78 Å². The van der Waals surface area contributed by atoms with Crippen LogP contribution in [-0.4, -0.2) is 55.7 Å². The summed E-state index contributed by atoms with van der Waals surface area (Å²) in [5, 5.41) is 6.55. The summed E-state index contributed by atoms with van der Waals surface area (Å²) < 4.78 is 33.1. The molecule has 0 saturated carbocycles. The second-order valence-corrected chi connectivity index (χ2v) is 10.7. The van der Waals surface area contributed by atoms with E-state index in [2.05, 4.69) is 39.8 Å². The van der Waals surface area contributed by atoms with E-state index in [-0.39, 0.29) is 48.4 Å². The van der Waals surface area contributed by atoms with E-state index in [0.717, 1.165) is 69.7 Å². The van der Waals surface area contributed by atoms with Gasteiger partial charge in [0.05, 0.1) is 5.92 Å². The highest BCUT2D eigenvalue weighted by Crippen LogP contribution is 2.26. The van der Waals surface area contributed by atoms with Gasteiger partial charge in [-0.2, -0.15) is 0 Å². The van der Waals surface area contributed by atoms with E-state index >= 15 is 0 Å². The summed E-state index contributed by atoms with van der Waals surface area (Å²) >= 11 is 0. The zero-order valence-corrected chi connectivity index (χ0v) is 25.1. The first-order valence-corrected chi connectivity index (χ1v) is 14.2. The molecule has 1 amide bonds. The summed E-state index contributed by atoms with van der Waals surface area (Å²) in [6, 6.07) is 20.2. The molecule has 5 nitrogen and oxygen atoms in total. The van der Waals surface area contributed by atoms with Gasteiger partial charge in [0.2, 0.25) is 5.91 Å². The molecule has 0 aliphatic carbocycles. The zero-order chi connectivity index (χ0) is 27.7. The highest BCUT2D eigenvalue weighted by molar-refractivity contribution is 5.87. The van der Waals surface area contributed by atoms with E-state index < -0.39 is 5.92 Å². The Labute approximate surface area is 259 Å². The third kappa shape index (κ3) is 9.53. The lowest BCUT2D eigenvalue weighted by molar-refractivity contribution is -0.122. The van der Waals surface area contributed by atoms with Crippen molar-refractivity contribution in [1.29, 1.82) is 0 Å². The van der Waals surface area contributed by atoms with Gasteiger partial charge in [0.1, 0.15) is 23.5 Å². The molecule has 0 aromatic heterocycles. The lowest BCUT2D eigenvalue weighted by atomic mass is 9.89. The minimum absolute atomic E-state index is 0. The number of hydrogen-bond acceptors (Lipinski definition) is 4. The first-order chi connectivity index (χ1) is 19.5. The van der Waals surface area contributed by atoms with Crippen molar-refractivity contribution in [1.82, 2.24) is 15.5 Å². The average Bonchev–Trinajstić information content (AvgIpc) is 2.98. The van der Waals surface area contributed by atoms with Crippen LogP contribution in [0.2, 0.25) is 0 Å². The number of carbonyl (C=O) groups is 1. The van der Waals surface area contributed by atoms with Crippen molar-refractivity contribution >= 4 is 36.8 Å². The number of nitrogens with one attached hydrogen (secondary N) is 2. The number of hydrogen-bond donors (Lipinski definition) is 2. The van der Waals surface area contributed by atoms with Crippen LogP contribution >= 0.6 is 24.8 Å².